The molecule has 0 radical (unpaired) electrons. The second-order valence-corrected chi connectivity index (χ2v) is 5.16. The van der Waals surface area contributed by atoms with Gasteiger partial charge in [0.2, 0.25) is 0 Å². The molecule has 2 rings (SSSR count). The highest BCUT2D eigenvalue weighted by atomic mass is 16.5. The normalized spacial score (nSPS) is 15.6. The van der Waals surface area contributed by atoms with Gasteiger partial charge < -0.3 is 14.2 Å². The lowest BCUT2D eigenvalue weighted by Crippen LogP contribution is -2.27. The van der Waals surface area contributed by atoms with E-state index >= 15 is 0 Å². The van der Waals surface area contributed by atoms with Gasteiger partial charge in [0.05, 0.1) is 13.2 Å². The van der Waals surface area contributed by atoms with Gasteiger partial charge in [-0.1, -0.05) is 13.0 Å². The molecule has 0 spiro atoms. The number of hydrogen-bond acceptors (Lipinski definition) is 3. The Labute approximate surface area is 115 Å². The summed E-state index contributed by atoms with van der Waals surface area (Å²) in [6, 6.07) is 3.91. The van der Waals surface area contributed by atoms with Crippen molar-refractivity contribution in [2.24, 2.45) is 0 Å². The molecule has 1 aliphatic rings. The molecule has 3 heteroatoms. The van der Waals surface area contributed by atoms with Gasteiger partial charge in [-0.3, -0.25) is 0 Å². The molecule has 1 aliphatic heterocycles. The summed E-state index contributed by atoms with van der Waals surface area (Å²) in [5, 5.41) is 0. The molecule has 0 N–H and O–H groups in total. The molecule has 19 heavy (non-hydrogen) atoms. The van der Waals surface area contributed by atoms with Gasteiger partial charge in [-0.2, -0.15) is 0 Å². The van der Waals surface area contributed by atoms with Crippen LogP contribution in [-0.4, -0.2) is 18.8 Å². The zero-order valence-corrected chi connectivity index (χ0v) is 12.2. The van der Waals surface area contributed by atoms with E-state index in [1.165, 1.54) is 0 Å². The Morgan fingerprint density at radius 3 is 2.53 bits per heavy atom. The highest BCUT2D eigenvalue weighted by molar-refractivity contribution is 5.66. The lowest BCUT2D eigenvalue weighted by Gasteiger charge is -2.28. The minimum Gasteiger partial charge on any atom is -0.490 e. The van der Waals surface area contributed by atoms with E-state index in [0.717, 1.165) is 29.2 Å². The van der Waals surface area contributed by atoms with E-state index < -0.39 is 0 Å². The Balaban J connectivity index is 2.35. The first-order valence-electron chi connectivity index (χ1n) is 6.87. The molecule has 3 nitrogen and oxygen atoms in total. The summed E-state index contributed by atoms with van der Waals surface area (Å²) < 4.78 is 17.3. The molecule has 104 valence electrons. The molecule has 0 aromatic heterocycles. The quantitative estimate of drug-likeness (QED) is 0.801. The summed E-state index contributed by atoms with van der Waals surface area (Å²) in [6.45, 7) is 9.43. The Morgan fingerprint density at radius 2 is 1.84 bits per heavy atom. The molecule has 0 saturated carbocycles. The predicted octanol–water partition coefficient (Wildman–Crippen LogP) is 4.06. The monoisotopic (exact) mass is 262 g/mol. The van der Waals surface area contributed by atoms with Gasteiger partial charge in [0, 0.05) is 11.6 Å². The molecule has 0 fully saturated rings. The largest absolute Gasteiger partial charge is 0.490 e. The minimum atomic E-state index is -0.276. The first kappa shape index (κ1) is 13.8. The van der Waals surface area contributed by atoms with Crippen molar-refractivity contribution < 1.29 is 14.2 Å². The van der Waals surface area contributed by atoms with Crippen molar-refractivity contribution in [1.82, 2.24) is 0 Å². The number of benzene rings is 1. The van der Waals surface area contributed by atoms with Crippen LogP contribution in [0.3, 0.4) is 0 Å². The second kappa shape index (κ2) is 5.55. The van der Waals surface area contributed by atoms with Gasteiger partial charge in [-0.05, 0) is 39.3 Å². The Bertz CT molecular complexity index is 475. The van der Waals surface area contributed by atoms with Crippen LogP contribution in [0.15, 0.2) is 18.2 Å². The maximum Gasteiger partial charge on any atom is 0.164 e. The van der Waals surface area contributed by atoms with Crippen molar-refractivity contribution >= 4 is 6.08 Å². The van der Waals surface area contributed by atoms with Gasteiger partial charge in [0.1, 0.15) is 11.4 Å². The van der Waals surface area contributed by atoms with E-state index in [1.54, 1.807) is 0 Å². The third-order valence-electron chi connectivity index (χ3n) is 2.87. The molecule has 0 aliphatic carbocycles. The number of fused-ring (bicyclic) bond motifs is 1. The van der Waals surface area contributed by atoms with Crippen LogP contribution in [0.4, 0.5) is 0 Å². The van der Waals surface area contributed by atoms with Crippen LogP contribution in [-0.2, 0) is 0 Å². The maximum absolute atomic E-state index is 5.95. The van der Waals surface area contributed by atoms with Crippen molar-refractivity contribution in [2.45, 2.75) is 39.7 Å². The van der Waals surface area contributed by atoms with Crippen molar-refractivity contribution in [3.63, 3.8) is 0 Å². The van der Waals surface area contributed by atoms with Crippen molar-refractivity contribution in [3.05, 3.63) is 23.8 Å². The summed E-state index contributed by atoms with van der Waals surface area (Å²) in [7, 11) is 0. The summed E-state index contributed by atoms with van der Waals surface area (Å²) in [6.07, 6.45) is 5.09. The Morgan fingerprint density at radius 1 is 1.11 bits per heavy atom. The van der Waals surface area contributed by atoms with Gasteiger partial charge in [-0.25, -0.2) is 0 Å². The smallest absolute Gasteiger partial charge is 0.164 e. The van der Waals surface area contributed by atoms with E-state index in [9.17, 15) is 0 Å². The maximum atomic E-state index is 5.95. The van der Waals surface area contributed by atoms with E-state index in [0.29, 0.717) is 13.2 Å². The summed E-state index contributed by atoms with van der Waals surface area (Å²) in [4.78, 5) is 0. The lowest BCUT2D eigenvalue weighted by molar-refractivity contribution is 0.157. The van der Waals surface area contributed by atoms with Crippen molar-refractivity contribution in [1.29, 1.82) is 0 Å². The van der Waals surface area contributed by atoms with Crippen LogP contribution in [0.5, 0.6) is 17.2 Å². The van der Waals surface area contributed by atoms with Crippen molar-refractivity contribution in [3.8, 4) is 17.2 Å². The molecule has 0 unspecified atom stereocenters. The molecule has 1 aromatic carbocycles. The Hall–Kier alpha value is -1.64. The zero-order chi connectivity index (χ0) is 13.9. The van der Waals surface area contributed by atoms with E-state index in [2.05, 4.69) is 19.1 Å². The standard InChI is InChI=1S/C16H22O3/c1-5-9-18-15-11-13-12(10-14(15)17-6-2)7-8-16(3,4)19-13/h7-8,10-11H,5-6,9H2,1-4H3. The predicted molar refractivity (Wildman–Crippen MR) is 77.1 cm³/mol. The van der Waals surface area contributed by atoms with E-state index in [4.69, 9.17) is 14.2 Å². The van der Waals surface area contributed by atoms with Gasteiger partial charge in [-0.15, -0.1) is 0 Å². The number of hydrogen-bond donors (Lipinski definition) is 0. The van der Waals surface area contributed by atoms with E-state index in [1.807, 2.05) is 32.9 Å². The molecule has 0 bridgehead atoms. The summed E-state index contributed by atoms with van der Waals surface area (Å²) in [5.41, 5.74) is 0.758. The van der Waals surface area contributed by atoms with Gasteiger partial charge >= 0.3 is 0 Å². The van der Waals surface area contributed by atoms with Gasteiger partial charge in [0.25, 0.3) is 0 Å². The SMILES string of the molecule is CCCOc1cc2c(cc1OCC)C=CC(C)(C)O2. The summed E-state index contributed by atoms with van der Waals surface area (Å²) in [5.74, 6) is 2.39. The zero-order valence-electron chi connectivity index (χ0n) is 12.2. The fraction of sp³-hybridized carbons (Fsp3) is 0.500. The number of rotatable bonds is 5. The first-order chi connectivity index (χ1) is 9.05. The fourth-order valence-corrected chi connectivity index (χ4v) is 1.98. The highest BCUT2D eigenvalue weighted by Gasteiger charge is 2.23. The molecule has 0 amide bonds. The molecular formula is C16H22O3. The van der Waals surface area contributed by atoms with Crippen LogP contribution >= 0.6 is 0 Å². The van der Waals surface area contributed by atoms with Crippen LogP contribution in [0.2, 0.25) is 0 Å². The van der Waals surface area contributed by atoms with Crippen LogP contribution in [0.1, 0.15) is 39.7 Å². The average molecular weight is 262 g/mol. The average Bonchev–Trinajstić information content (AvgIpc) is 2.36. The fourth-order valence-electron chi connectivity index (χ4n) is 1.98. The van der Waals surface area contributed by atoms with Gasteiger partial charge in [0.15, 0.2) is 11.5 Å². The molecular weight excluding hydrogens is 240 g/mol. The molecule has 1 aromatic rings. The summed E-state index contributed by atoms with van der Waals surface area (Å²) >= 11 is 0. The highest BCUT2D eigenvalue weighted by Crippen LogP contribution is 2.39. The minimum absolute atomic E-state index is 0.276. The van der Waals surface area contributed by atoms with Crippen LogP contribution < -0.4 is 14.2 Å². The molecule has 0 saturated heterocycles. The molecule has 1 heterocycles. The second-order valence-electron chi connectivity index (χ2n) is 5.16. The Kier molecular flexibility index (Phi) is 4.03. The first-order valence-corrected chi connectivity index (χ1v) is 6.87. The lowest BCUT2D eigenvalue weighted by atomic mass is 10.0. The molecule has 0 atom stereocenters. The topological polar surface area (TPSA) is 27.7 Å². The third kappa shape index (κ3) is 3.22. The van der Waals surface area contributed by atoms with Crippen molar-refractivity contribution in [2.75, 3.05) is 13.2 Å². The third-order valence-corrected chi connectivity index (χ3v) is 2.87. The van der Waals surface area contributed by atoms with Crippen LogP contribution in [0, 0.1) is 0 Å². The van der Waals surface area contributed by atoms with E-state index in [-0.39, 0.29) is 5.60 Å². The number of ether oxygens (including phenoxy) is 3. The van der Waals surface area contributed by atoms with Crippen LogP contribution in [0.25, 0.3) is 6.08 Å².